The molecule has 0 amide bonds. The largest absolute Gasteiger partial charge is 0.463 e. The van der Waals surface area contributed by atoms with Gasteiger partial charge in [0.25, 0.3) is 0 Å². The number of esters is 7. The third kappa shape index (κ3) is 10.7. The van der Waals surface area contributed by atoms with Crippen LogP contribution in [-0.2, 0) is 80.9 Å². The number of carbonyl (C=O) groups is 7. The van der Waals surface area contributed by atoms with Gasteiger partial charge in [0.05, 0.1) is 0 Å². The number of ether oxygens (including phenoxy) is 10. The van der Waals surface area contributed by atoms with Crippen molar-refractivity contribution < 1.29 is 80.9 Å². The van der Waals surface area contributed by atoms with E-state index in [1.807, 2.05) is 0 Å². The molecule has 0 radical (unpaired) electrons. The fourth-order valence-electron chi connectivity index (χ4n) is 4.55. The first-order valence-electron chi connectivity index (χ1n) is 13.3. The molecule has 2 aliphatic heterocycles. The molecule has 0 bridgehead atoms. The fourth-order valence-corrected chi connectivity index (χ4v) is 4.55. The Kier molecular flexibility index (Phi) is 13.4. The van der Waals surface area contributed by atoms with Crippen molar-refractivity contribution in [2.45, 2.75) is 110 Å². The summed E-state index contributed by atoms with van der Waals surface area (Å²) >= 11 is 0. The average molecular weight is 636 g/mol. The van der Waals surface area contributed by atoms with Crippen LogP contribution in [0.25, 0.3) is 0 Å². The normalized spacial score (nSPS) is 31.5. The summed E-state index contributed by atoms with van der Waals surface area (Å²) in [5, 5.41) is 0. The van der Waals surface area contributed by atoms with Gasteiger partial charge in [-0.3, -0.25) is 33.6 Å². The van der Waals surface area contributed by atoms with Gasteiger partial charge in [0.15, 0.2) is 36.8 Å². The highest BCUT2D eigenvalue weighted by molar-refractivity contribution is 5.69. The smallest absolute Gasteiger partial charge is 0.303 e. The second-order valence-electron chi connectivity index (χ2n) is 9.76. The van der Waals surface area contributed by atoms with E-state index in [1.165, 1.54) is 0 Å². The molecule has 18 heteroatoms. The van der Waals surface area contributed by atoms with Crippen LogP contribution in [0.15, 0.2) is 0 Å². The standard InChI is InChI=1S/C26H37NO17/c1-10(28)35-8-17-20(21(38-13(4)31)23(25(27)42-17)40-15(6)33)44-26-24(41-16(7)34)22(39-14(5)32)19(37-12(3)30)18(43-26)9-36-11(2)29/h17-26H,8-9,27H2,1-7H3/t17-,18-,19-,20-,21+,22+,23+,24+,25-,26+/m1/s1. The number of rotatable bonds is 11. The van der Waals surface area contributed by atoms with E-state index >= 15 is 0 Å². The molecule has 0 spiro atoms. The van der Waals surface area contributed by atoms with Crippen molar-refractivity contribution in [1.82, 2.24) is 0 Å². The first-order chi connectivity index (χ1) is 20.5. The lowest BCUT2D eigenvalue weighted by Crippen LogP contribution is -2.68. The Bertz CT molecular complexity index is 1090. The molecule has 0 aromatic rings. The summed E-state index contributed by atoms with van der Waals surface area (Å²) in [7, 11) is 0. The maximum atomic E-state index is 12.2. The molecule has 44 heavy (non-hydrogen) atoms. The Morgan fingerprint density at radius 1 is 0.477 bits per heavy atom. The Morgan fingerprint density at radius 2 is 0.841 bits per heavy atom. The zero-order chi connectivity index (χ0) is 33.3. The number of hydrogen-bond acceptors (Lipinski definition) is 18. The van der Waals surface area contributed by atoms with Crippen LogP contribution in [0.3, 0.4) is 0 Å². The average Bonchev–Trinajstić information content (AvgIpc) is 2.87. The van der Waals surface area contributed by atoms with Crippen LogP contribution in [0.4, 0.5) is 0 Å². The van der Waals surface area contributed by atoms with Crippen molar-refractivity contribution in [1.29, 1.82) is 0 Å². The first-order valence-corrected chi connectivity index (χ1v) is 13.3. The molecule has 0 saturated carbocycles. The summed E-state index contributed by atoms with van der Waals surface area (Å²) in [5.74, 6) is -5.79. The molecule has 10 atom stereocenters. The summed E-state index contributed by atoms with van der Waals surface area (Å²) in [5.41, 5.74) is 6.07. The highest BCUT2D eigenvalue weighted by atomic mass is 16.8. The van der Waals surface area contributed by atoms with Crippen LogP contribution >= 0.6 is 0 Å². The molecule has 2 aliphatic rings. The highest BCUT2D eigenvalue weighted by Gasteiger charge is 2.57. The molecule has 2 rings (SSSR count). The maximum Gasteiger partial charge on any atom is 0.303 e. The summed E-state index contributed by atoms with van der Waals surface area (Å²) in [6.07, 6.45) is -15.1. The van der Waals surface area contributed by atoms with E-state index in [9.17, 15) is 33.6 Å². The fraction of sp³-hybridized carbons (Fsp3) is 0.731. The van der Waals surface area contributed by atoms with E-state index in [2.05, 4.69) is 0 Å². The molecule has 0 aliphatic carbocycles. The molecule has 0 aromatic heterocycles. The third-order valence-corrected chi connectivity index (χ3v) is 5.96. The molecule has 18 nitrogen and oxygen atoms in total. The zero-order valence-corrected chi connectivity index (χ0v) is 25.2. The van der Waals surface area contributed by atoms with Crippen molar-refractivity contribution in [2.75, 3.05) is 13.2 Å². The van der Waals surface area contributed by atoms with Crippen molar-refractivity contribution in [3.63, 3.8) is 0 Å². The molecule has 2 heterocycles. The van der Waals surface area contributed by atoms with Crippen molar-refractivity contribution in [3.05, 3.63) is 0 Å². The third-order valence-electron chi connectivity index (χ3n) is 5.96. The van der Waals surface area contributed by atoms with E-state index in [4.69, 9.17) is 53.1 Å². The minimum Gasteiger partial charge on any atom is -0.463 e. The molecule has 0 aromatic carbocycles. The first kappa shape index (κ1) is 36.3. The van der Waals surface area contributed by atoms with E-state index in [-0.39, 0.29) is 0 Å². The minimum absolute atomic E-state index is 0.510. The van der Waals surface area contributed by atoms with Gasteiger partial charge in [-0.05, 0) is 0 Å². The molecule has 2 N–H and O–H groups in total. The summed E-state index contributed by atoms with van der Waals surface area (Å²) in [4.78, 5) is 83.6. The van der Waals surface area contributed by atoms with Gasteiger partial charge in [-0.25, -0.2) is 0 Å². The van der Waals surface area contributed by atoms with Crippen molar-refractivity contribution in [2.24, 2.45) is 5.73 Å². The lowest BCUT2D eigenvalue weighted by atomic mass is 9.95. The van der Waals surface area contributed by atoms with Gasteiger partial charge in [0.1, 0.15) is 37.8 Å². The predicted octanol–water partition coefficient (Wildman–Crippen LogP) is -1.44. The van der Waals surface area contributed by atoms with Gasteiger partial charge in [-0.15, -0.1) is 0 Å². The summed E-state index contributed by atoms with van der Waals surface area (Å²) < 4.78 is 54.8. The van der Waals surface area contributed by atoms with Crippen LogP contribution < -0.4 is 5.73 Å². The Balaban J connectivity index is 2.66. The van der Waals surface area contributed by atoms with Crippen LogP contribution in [0.1, 0.15) is 48.5 Å². The topological polar surface area (TPSA) is 238 Å². The summed E-state index contributed by atoms with van der Waals surface area (Å²) in [6.45, 7) is 6.39. The second kappa shape index (κ2) is 16.3. The maximum absolute atomic E-state index is 12.2. The Labute approximate surface area is 251 Å². The van der Waals surface area contributed by atoms with Crippen molar-refractivity contribution >= 4 is 41.8 Å². The molecule has 2 saturated heterocycles. The van der Waals surface area contributed by atoms with Crippen molar-refractivity contribution in [3.8, 4) is 0 Å². The van der Waals surface area contributed by atoms with Gasteiger partial charge >= 0.3 is 41.8 Å². The quantitative estimate of drug-likeness (QED) is 0.202. The molecule has 0 unspecified atom stereocenters. The van der Waals surface area contributed by atoms with E-state index in [0.29, 0.717) is 0 Å². The SMILES string of the molecule is CC(=O)OC[C@H]1O[C@@H](O[C@H]2[C@H](OC(C)=O)[C@H](OC(C)=O)[C@H](N)O[C@@H]2COC(C)=O)[C@@H](OC(C)=O)[C@@H](OC(C)=O)[C@@H]1OC(C)=O. The van der Waals surface area contributed by atoms with E-state index < -0.39 is 116 Å². The van der Waals surface area contributed by atoms with E-state index in [0.717, 1.165) is 48.5 Å². The Hall–Kier alpha value is -3.87. The van der Waals surface area contributed by atoms with Gasteiger partial charge in [-0.1, -0.05) is 0 Å². The zero-order valence-electron chi connectivity index (χ0n) is 25.2. The van der Waals surface area contributed by atoms with Crippen LogP contribution in [0.5, 0.6) is 0 Å². The van der Waals surface area contributed by atoms with E-state index in [1.54, 1.807) is 0 Å². The second-order valence-corrected chi connectivity index (χ2v) is 9.76. The monoisotopic (exact) mass is 635 g/mol. The molecule has 248 valence electrons. The Morgan fingerprint density at radius 3 is 1.27 bits per heavy atom. The molecular weight excluding hydrogens is 598 g/mol. The molecule has 2 fully saturated rings. The van der Waals surface area contributed by atoms with Gasteiger partial charge in [0, 0.05) is 48.5 Å². The number of carbonyl (C=O) groups excluding carboxylic acids is 7. The lowest BCUT2D eigenvalue weighted by Gasteiger charge is -2.48. The van der Waals surface area contributed by atoms with Crippen LogP contribution in [-0.4, -0.2) is 116 Å². The van der Waals surface area contributed by atoms with Gasteiger partial charge in [-0.2, -0.15) is 0 Å². The number of nitrogens with two attached hydrogens (primary N) is 1. The van der Waals surface area contributed by atoms with Crippen LogP contribution in [0.2, 0.25) is 0 Å². The minimum atomic E-state index is -1.76. The van der Waals surface area contributed by atoms with Gasteiger partial charge in [0.2, 0.25) is 0 Å². The van der Waals surface area contributed by atoms with Crippen LogP contribution in [0, 0.1) is 0 Å². The lowest BCUT2D eigenvalue weighted by molar-refractivity contribution is -0.344. The van der Waals surface area contributed by atoms with Gasteiger partial charge < -0.3 is 53.1 Å². The molecular formula is C26H37NO17. The highest BCUT2D eigenvalue weighted by Crippen LogP contribution is 2.34. The number of hydrogen-bond donors (Lipinski definition) is 1. The summed E-state index contributed by atoms with van der Waals surface area (Å²) in [6, 6.07) is 0. The predicted molar refractivity (Wildman–Crippen MR) is 137 cm³/mol.